The Morgan fingerprint density at radius 1 is 1.12 bits per heavy atom. The van der Waals surface area contributed by atoms with E-state index in [-0.39, 0.29) is 16.5 Å². The van der Waals surface area contributed by atoms with Crippen LogP contribution in [0.5, 0.6) is 0 Å². The Balaban J connectivity index is 2.66. The van der Waals surface area contributed by atoms with Crippen LogP contribution in [0, 0.1) is 0 Å². The highest BCUT2D eigenvalue weighted by Crippen LogP contribution is 2.22. The van der Waals surface area contributed by atoms with Gasteiger partial charge in [-0.25, -0.2) is 0 Å². The highest BCUT2D eigenvalue weighted by atomic mass is 35.5. The number of hydrogen-bond acceptors (Lipinski definition) is 2. The lowest BCUT2D eigenvalue weighted by atomic mass is 10.2. The molecule has 1 rings (SSSR count). The number of hydrogen-bond donors (Lipinski definition) is 2. The Labute approximate surface area is 107 Å². The molecular formula is C9H7Cl3N2O2. The van der Waals surface area contributed by atoms with E-state index in [4.69, 9.17) is 34.8 Å². The van der Waals surface area contributed by atoms with Crippen molar-refractivity contribution in [3.8, 4) is 0 Å². The van der Waals surface area contributed by atoms with Crippen LogP contribution in [0.1, 0.15) is 10.4 Å². The van der Waals surface area contributed by atoms with Crippen LogP contribution in [-0.4, -0.2) is 17.7 Å². The van der Waals surface area contributed by atoms with Gasteiger partial charge in [0.1, 0.15) is 5.88 Å². The van der Waals surface area contributed by atoms with E-state index in [1.165, 1.54) is 18.2 Å². The standard InChI is InChI=1S/C9H7Cl3N2O2/c10-4-8(15)13-14-9(16)5-1-2-6(11)7(12)3-5/h1-3H,4H2,(H,13,15)(H,14,16). The summed E-state index contributed by atoms with van der Waals surface area (Å²) in [6.45, 7) is 0. The van der Waals surface area contributed by atoms with Crippen molar-refractivity contribution >= 4 is 46.6 Å². The first kappa shape index (κ1) is 13.1. The molecule has 0 aromatic heterocycles. The molecule has 86 valence electrons. The van der Waals surface area contributed by atoms with Crippen LogP contribution in [0.2, 0.25) is 10.0 Å². The second-order valence-electron chi connectivity index (χ2n) is 2.76. The molecule has 0 spiro atoms. The van der Waals surface area contributed by atoms with Crippen molar-refractivity contribution in [2.75, 3.05) is 5.88 Å². The van der Waals surface area contributed by atoms with E-state index < -0.39 is 11.8 Å². The molecule has 16 heavy (non-hydrogen) atoms. The zero-order chi connectivity index (χ0) is 12.1. The molecule has 0 saturated heterocycles. The van der Waals surface area contributed by atoms with Crippen molar-refractivity contribution in [2.24, 2.45) is 0 Å². The fraction of sp³-hybridized carbons (Fsp3) is 0.111. The van der Waals surface area contributed by atoms with Gasteiger partial charge in [0.2, 0.25) is 0 Å². The topological polar surface area (TPSA) is 58.2 Å². The third-order valence-electron chi connectivity index (χ3n) is 1.62. The summed E-state index contributed by atoms with van der Waals surface area (Å²) in [6, 6.07) is 4.37. The highest BCUT2D eigenvalue weighted by molar-refractivity contribution is 6.42. The zero-order valence-corrected chi connectivity index (χ0v) is 10.2. The number of amides is 2. The van der Waals surface area contributed by atoms with E-state index in [0.717, 1.165) is 0 Å². The summed E-state index contributed by atoms with van der Waals surface area (Å²) in [5.74, 6) is -1.24. The maximum atomic E-state index is 11.5. The summed E-state index contributed by atoms with van der Waals surface area (Å²) >= 11 is 16.6. The van der Waals surface area contributed by atoms with Crippen LogP contribution in [0.3, 0.4) is 0 Å². The summed E-state index contributed by atoms with van der Waals surface area (Å²) in [6.07, 6.45) is 0. The largest absolute Gasteiger partial charge is 0.272 e. The zero-order valence-electron chi connectivity index (χ0n) is 7.89. The molecule has 0 aliphatic heterocycles. The first-order valence-corrected chi connectivity index (χ1v) is 5.44. The van der Waals surface area contributed by atoms with Crippen LogP contribution >= 0.6 is 34.8 Å². The minimum atomic E-state index is -0.505. The molecule has 0 bridgehead atoms. The van der Waals surface area contributed by atoms with Crippen molar-refractivity contribution in [2.45, 2.75) is 0 Å². The van der Waals surface area contributed by atoms with Crippen LogP contribution in [0.4, 0.5) is 0 Å². The van der Waals surface area contributed by atoms with Gasteiger partial charge in [0.25, 0.3) is 11.8 Å². The summed E-state index contributed by atoms with van der Waals surface area (Å²) in [7, 11) is 0. The second-order valence-corrected chi connectivity index (χ2v) is 3.85. The molecule has 7 heteroatoms. The van der Waals surface area contributed by atoms with Gasteiger partial charge < -0.3 is 0 Å². The fourth-order valence-corrected chi connectivity index (χ4v) is 1.23. The van der Waals surface area contributed by atoms with Crippen LogP contribution in [0.25, 0.3) is 0 Å². The van der Waals surface area contributed by atoms with E-state index in [2.05, 4.69) is 10.9 Å². The van der Waals surface area contributed by atoms with Crippen molar-refractivity contribution in [3.05, 3.63) is 33.8 Å². The Kier molecular flexibility index (Phi) is 4.86. The summed E-state index contributed by atoms with van der Waals surface area (Å²) in [5, 5.41) is 0.612. The minimum Gasteiger partial charge on any atom is -0.272 e. The van der Waals surface area contributed by atoms with Gasteiger partial charge in [-0.3, -0.25) is 20.4 Å². The number of carbonyl (C=O) groups excluding carboxylic acids is 2. The lowest BCUT2D eigenvalue weighted by molar-refractivity contribution is -0.119. The lowest BCUT2D eigenvalue weighted by Gasteiger charge is -2.06. The number of rotatable bonds is 2. The molecule has 0 radical (unpaired) electrons. The fourth-order valence-electron chi connectivity index (χ4n) is 0.869. The predicted molar refractivity (Wildman–Crippen MR) is 62.8 cm³/mol. The smallest absolute Gasteiger partial charge is 0.269 e. The van der Waals surface area contributed by atoms with E-state index in [0.29, 0.717) is 5.02 Å². The van der Waals surface area contributed by atoms with Gasteiger partial charge in [-0.1, -0.05) is 23.2 Å². The Hall–Kier alpha value is -0.970. The maximum Gasteiger partial charge on any atom is 0.269 e. The molecule has 0 unspecified atom stereocenters. The molecular weight excluding hydrogens is 274 g/mol. The average Bonchev–Trinajstić information content (AvgIpc) is 2.29. The van der Waals surface area contributed by atoms with E-state index in [9.17, 15) is 9.59 Å². The van der Waals surface area contributed by atoms with Gasteiger partial charge in [0.05, 0.1) is 10.0 Å². The van der Waals surface area contributed by atoms with E-state index >= 15 is 0 Å². The van der Waals surface area contributed by atoms with Crippen molar-refractivity contribution < 1.29 is 9.59 Å². The summed E-state index contributed by atoms with van der Waals surface area (Å²) in [5.41, 5.74) is 4.57. The van der Waals surface area contributed by atoms with Crippen molar-refractivity contribution in [1.29, 1.82) is 0 Å². The third kappa shape index (κ3) is 3.56. The molecule has 1 aromatic carbocycles. The first-order valence-electron chi connectivity index (χ1n) is 4.15. The SMILES string of the molecule is O=C(CCl)NNC(=O)c1ccc(Cl)c(Cl)c1. The molecule has 4 nitrogen and oxygen atoms in total. The number of carbonyl (C=O) groups is 2. The van der Waals surface area contributed by atoms with Crippen molar-refractivity contribution in [1.82, 2.24) is 10.9 Å². The summed E-state index contributed by atoms with van der Waals surface area (Å²) < 4.78 is 0. The Morgan fingerprint density at radius 3 is 2.38 bits per heavy atom. The normalized spacial score (nSPS) is 9.69. The molecule has 1 aromatic rings. The number of alkyl halides is 1. The minimum absolute atomic E-state index is 0.234. The number of hydrazine groups is 1. The monoisotopic (exact) mass is 280 g/mol. The van der Waals surface area contributed by atoms with Crippen LogP contribution in [0.15, 0.2) is 18.2 Å². The average molecular weight is 282 g/mol. The molecule has 0 atom stereocenters. The highest BCUT2D eigenvalue weighted by Gasteiger charge is 2.08. The number of nitrogens with one attached hydrogen (secondary N) is 2. The molecule has 2 amide bonds. The molecule has 0 aliphatic rings. The van der Waals surface area contributed by atoms with Crippen molar-refractivity contribution in [3.63, 3.8) is 0 Å². The molecule has 0 aliphatic carbocycles. The maximum absolute atomic E-state index is 11.5. The molecule has 2 N–H and O–H groups in total. The number of benzene rings is 1. The predicted octanol–water partition coefficient (Wildman–Crippen LogP) is 1.99. The second kappa shape index (κ2) is 5.94. The molecule has 0 saturated carbocycles. The Morgan fingerprint density at radius 2 is 1.81 bits per heavy atom. The van der Waals surface area contributed by atoms with Crippen LogP contribution < -0.4 is 10.9 Å². The van der Waals surface area contributed by atoms with Gasteiger partial charge in [-0.05, 0) is 18.2 Å². The van der Waals surface area contributed by atoms with Crippen LogP contribution in [-0.2, 0) is 4.79 Å². The van der Waals surface area contributed by atoms with Gasteiger partial charge in [0, 0.05) is 5.56 Å². The summed E-state index contributed by atoms with van der Waals surface area (Å²) in [4.78, 5) is 22.2. The first-order chi connectivity index (χ1) is 7.54. The van der Waals surface area contributed by atoms with E-state index in [1.54, 1.807) is 0 Å². The third-order valence-corrected chi connectivity index (χ3v) is 2.60. The molecule has 0 heterocycles. The quantitative estimate of drug-likeness (QED) is 0.643. The molecule has 0 fully saturated rings. The van der Waals surface area contributed by atoms with Gasteiger partial charge in [0.15, 0.2) is 0 Å². The van der Waals surface area contributed by atoms with Gasteiger partial charge >= 0.3 is 0 Å². The lowest BCUT2D eigenvalue weighted by Crippen LogP contribution is -2.42. The van der Waals surface area contributed by atoms with E-state index in [1.807, 2.05) is 0 Å². The Bertz CT molecular complexity index is 423. The van der Waals surface area contributed by atoms with Gasteiger partial charge in [-0.15, -0.1) is 11.6 Å². The number of halogens is 3. The van der Waals surface area contributed by atoms with Gasteiger partial charge in [-0.2, -0.15) is 0 Å².